The van der Waals surface area contributed by atoms with Crippen molar-refractivity contribution in [2.75, 3.05) is 24.6 Å². The van der Waals surface area contributed by atoms with Gasteiger partial charge in [0.1, 0.15) is 5.60 Å². The molecule has 0 saturated carbocycles. The molecule has 3 rings (SSSR count). The fourth-order valence-corrected chi connectivity index (χ4v) is 3.53. The maximum atomic E-state index is 12.3. The van der Waals surface area contributed by atoms with E-state index in [4.69, 9.17) is 9.47 Å². The second-order valence-electron chi connectivity index (χ2n) is 7.60. The molecule has 2 bridgehead atoms. The number of carbonyl (C=O) groups is 2. The zero-order valence-electron chi connectivity index (χ0n) is 15.3. The van der Waals surface area contributed by atoms with Crippen LogP contribution in [0.5, 0.6) is 0 Å². The Hall–Kier alpha value is -2.24. The lowest BCUT2D eigenvalue weighted by molar-refractivity contribution is 0.0214. The van der Waals surface area contributed by atoms with Gasteiger partial charge in [-0.25, -0.2) is 9.59 Å². The first kappa shape index (κ1) is 17.6. The molecule has 2 atom stereocenters. The molecule has 2 aliphatic rings. The lowest BCUT2D eigenvalue weighted by Crippen LogP contribution is -2.50. The minimum Gasteiger partial charge on any atom is -0.462 e. The Morgan fingerprint density at radius 1 is 1.12 bits per heavy atom. The van der Waals surface area contributed by atoms with Crippen molar-refractivity contribution in [1.82, 2.24) is 4.90 Å². The average molecular weight is 346 g/mol. The Balaban J connectivity index is 1.63. The molecule has 2 fully saturated rings. The second kappa shape index (κ2) is 6.58. The van der Waals surface area contributed by atoms with Crippen LogP contribution >= 0.6 is 0 Å². The predicted molar refractivity (Wildman–Crippen MR) is 94.9 cm³/mol. The number of likely N-dealkylation sites (tertiary alicyclic amines) is 1. The quantitative estimate of drug-likeness (QED) is 0.787. The Bertz CT molecular complexity index is 650. The van der Waals surface area contributed by atoms with Gasteiger partial charge in [-0.15, -0.1) is 0 Å². The van der Waals surface area contributed by atoms with Crippen LogP contribution in [0.3, 0.4) is 0 Å². The lowest BCUT2D eigenvalue weighted by atomic mass is 10.1. The standard InChI is InChI=1S/C19H26N2O4/c1-5-24-17(22)13-6-8-14(9-7-13)20-11-16-10-15(20)12-21(16)18(23)25-19(2,3)4/h6-9,15-16H,5,10-12H2,1-4H3. The SMILES string of the molecule is CCOC(=O)c1ccc(N2CC3CC2CN3C(=O)OC(C)(C)C)cc1. The number of anilines is 1. The first-order valence-electron chi connectivity index (χ1n) is 8.82. The van der Waals surface area contributed by atoms with Crippen molar-refractivity contribution in [1.29, 1.82) is 0 Å². The normalized spacial score (nSPS) is 22.2. The molecule has 0 spiro atoms. The van der Waals surface area contributed by atoms with E-state index in [1.807, 2.05) is 37.8 Å². The van der Waals surface area contributed by atoms with Crippen molar-refractivity contribution < 1.29 is 19.1 Å². The molecule has 1 amide bonds. The molecule has 2 saturated heterocycles. The minimum absolute atomic E-state index is 0.185. The molecule has 6 nitrogen and oxygen atoms in total. The maximum absolute atomic E-state index is 12.3. The number of nitrogens with zero attached hydrogens (tertiary/aromatic N) is 2. The van der Waals surface area contributed by atoms with E-state index in [1.54, 1.807) is 19.1 Å². The van der Waals surface area contributed by atoms with Gasteiger partial charge >= 0.3 is 12.1 Å². The van der Waals surface area contributed by atoms with Crippen LogP contribution in [0.15, 0.2) is 24.3 Å². The molecule has 0 radical (unpaired) electrons. The van der Waals surface area contributed by atoms with Gasteiger partial charge in [-0.2, -0.15) is 0 Å². The van der Waals surface area contributed by atoms with Crippen molar-refractivity contribution in [2.24, 2.45) is 0 Å². The van der Waals surface area contributed by atoms with E-state index in [0.717, 1.165) is 18.7 Å². The molecule has 25 heavy (non-hydrogen) atoms. The summed E-state index contributed by atoms with van der Waals surface area (Å²) in [6.45, 7) is 9.30. The van der Waals surface area contributed by atoms with Gasteiger partial charge in [-0.05, 0) is 58.4 Å². The maximum Gasteiger partial charge on any atom is 0.410 e. The van der Waals surface area contributed by atoms with Crippen LogP contribution in [0.4, 0.5) is 10.5 Å². The molecule has 2 heterocycles. The van der Waals surface area contributed by atoms with Crippen molar-refractivity contribution in [2.45, 2.75) is 51.8 Å². The molecule has 2 unspecified atom stereocenters. The van der Waals surface area contributed by atoms with Crippen molar-refractivity contribution >= 4 is 17.7 Å². The zero-order valence-corrected chi connectivity index (χ0v) is 15.3. The first-order chi connectivity index (χ1) is 11.8. The second-order valence-corrected chi connectivity index (χ2v) is 7.60. The van der Waals surface area contributed by atoms with Crippen LogP contribution in [-0.2, 0) is 9.47 Å². The molecular formula is C19H26N2O4. The summed E-state index contributed by atoms with van der Waals surface area (Å²) < 4.78 is 10.5. The van der Waals surface area contributed by atoms with Gasteiger partial charge in [0.15, 0.2) is 0 Å². The summed E-state index contributed by atoms with van der Waals surface area (Å²) in [7, 11) is 0. The van der Waals surface area contributed by atoms with E-state index in [9.17, 15) is 9.59 Å². The summed E-state index contributed by atoms with van der Waals surface area (Å²) in [5.74, 6) is -0.298. The van der Waals surface area contributed by atoms with Crippen LogP contribution in [0.2, 0.25) is 0 Å². The molecular weight excluding hydrogens is 320 g/mol. The number of amides is 1. The predicted octanol–water partition coefficient (Wildman–Crippen LogP) is 3.06. The van der Waals surface area contributed by atoms with E-state index < -0.39 is 5.60 Å². The van der Waals surface area contributed by atoms with Crippen molar-refractivity contribution in [3.63, 3.8) is 0 Å². The highest BCUT2D eigenvalue weighted by Crippen LogP contribution is 2.35. The van der Waals surface area contributed by atoms with Crippen molar-refractivity contribution in [3.05, 3.63) is 29.8 Å². The highest BCUT2D eigenvalue weighted by atomic mass is 16.6. The number of rotatable bonds is 3. The van der Waals surface area contributed by atoms with E-state index >= 15 is 0 Å². The van der Waals surface area contributed by atoms with E-state index in [1.165, 1.54) is 0 Å². The third kappa shape index (κ3) is 3.72. The van der Waals surface area contributed by atoms with E-state index in [0.29, 0.717) is 24.8 Å². The van der Waals surface area contributed by atoms with Gasteiger partial charge in [0, 0.05) is 24.8 Å². The molecule has 0 N–H and O–H groups in total. The third-order valence-electron chi connectivity index (χ3n) is 4.58. The van der Waals surface area contributed by atoms with Crippen LogP contribution in [-0.4, -0.2) is 54.3 Å². The molecule has 1 aromatic carbocycles. The van der Waals surface area contributed by atoms with E-state index in [-0.39, 0.29) is 18.1 Å². The fourth-order valence-electron chi connectivity index (χ4n) is 3.53. The highest BCUT2D eigenvalue weighted by Gasteiger charge is 2.46. The number of carbonyl (C=O) groups excluding carboxylic acids is 2. The number of ether oxygens (including phenoxy) is 2. The summed E-state index contributed by atoms with van der Waals surface area (Å²) in [4.78, 5) is 28.2. The topological polar surface area (TPSA) is 59.1 Å². The molecule has 2 aliphatic heterocycles. The summed E-state index contributed by atoms with van der Waals surface area (Å²) in [5.41, 5.74) is 1.16. The zero-order chi connectivity index (χ0) is 18.2. The number of hydrogen-bond acceptors (Lipinski definition) is 5. The Morgan fingerprint density at radius 2 is 1.80 bits per heavy atom. The Kier molecular flexibility index (Phi) is 4.62. The van der Waals surface area contributed by atoms with Crippen molar-refractivity contribution in [3.8, 4) is 0 Å². The van der Waals surface area contributed by atoms with Gasteiger partial charge in [-0.1, -0.05) is 0 Å². The first-order valence-corrected chi connectivity index (χ1v) is 8.82. The Labute approximate surface area is 148 Å². The smallest absolute Gasteiger partial charge is 0.410 e. The summed E-state index contributed by atoms with van der Waals surface area (Å²) >= 11 is 0. The molecule has 136 valence electrons. The van der Waals surface area contributed by atoms with E-state index in [2.05, 4.69) is 4.90 Å². The van der Waals surface area contributed by atoms with Gasteiger partial charge in [0.25, 0.3) is 0 Å². The summed E-state index contributed by atoms with van der Waals surface area (Å²) in [6.07, 6.45) is 0.732. The lowest BCUT2D eigenvalue weighted by Gasteiger charge is -2.36. The third-order valence-corrected chi connectivity index (χ3v) is 4.58. The monoisotopic (exact) mass is 346 g/mol. The summed E-state index contributed by atoms with van der Waals surface area (Å²) in [5, 5.41) is 0. The number of piperazine rings is 1. The van der Waals surface area contributed by atoms with Crippen LogP contribution in [0, 0.1) is 0 Å². The van der Waals surface area contributed by atoms with Crippen LogP contribution in [0.1, 0.15) is 44.5 Å². The van der Waals surface area contributed by atoms with Crippen LogP contribution < -0.4 is 4.90 Å². The number of hydrogen-bond donors (Lipinski definition) is 0. The van der Waals surface area contributed by atoms with Gasteiger partial charge in [-0.3, -0.25) is 0 Å². The molecule has 0 aromatic heterocycles. The van der Waals surface area contributed by atoms with Gasteiger partial charge < -0.3 is 19.3 Å². The van der Waals surface area contributed by atoms with Crippen LogP contribution in [0.25, 0.3) is 0 Å². The largest absolute Gasteiger partial charge is 0.462 e. The number of esters is 1. The highest BCUT2D eigenvalue weighted by molar-refractivity contribution is 5.89. The molecule has 0 aliphatic carbocycles. The van der Waals surface area contributed by atoms with Gasteiger partial charge in [0.05, 0.1) is 18.2 Å². The average Bonchev–Trinajstić information content (AvgIpc) is 3.14. The number of benzene rings is 1. The summed E-state index contributed by atoms with van der Waals surface area (Å²) in [6, 6.07) is 7.97. The number of fused-ring (bicyclic) bond motifs is 2. The molecule has 1 aromatic rings. The Morgan fingerprint density at radius 3 is 2.32 bits per heavy atom. The van der Waals surface area contributed by atoms with Gasteiger partial charge in [0.2, 0.25) is 0 Å². The molecule has 6 heteroatoms. The minimum atomic E-state index is -0.471. The fraction of sp³-hybridized carbons (Fsp3) is 0.579.